The number of alkyl halides is 2. The number of rotatable bonds is 4. The van der Waals surface area contributed by atoms with Gasteiger partial charge < -0.3 is 5.11 Å². The minimum absolute atomic E-state index is 0.280. The number of carboxylic acids is 1. The molecule has 0 radical (unpaired) electrons. The highest BCUT2D eigenvalue weighted by atomic mass is 127. The van der Waals surface area contributed by atoms with E-state index in [1.54, 1.807) is 29.5 Å². The summed E-state index contributed by atoms with van der Waals surface area (Å²) in [5, 5.41) is 12.4. The van der Waals surface area contributed by atoms with Crippen LogP contribution in [0.5, 0.6) is 0 Å². The number of halogens is 3. The lowest BCUT2D eigenvalue weighted by Gasteiger charge is -2.09. The van der Waals surface area contributed by atoms with Gasteiger partial charge >= 0.3 is 5.97 Å². The fourth-order valence-electron chi connectivity index (χ4n) is 1.17. The van der Waals surface area contributed by atoms with E-state index in [0.29, 0.717) is 6.42 Å². The predicted molar refractivity (Wildman–Crippen MR) is 56.9 cm³/mol. The summed E-state index contributed by atoms with van der Waals surface area (Å²) in [5.41, 5.74) is -0.365. The van der Waals surface area contributed by atoms with Crippen molar-refractivity contribution >= 4 is 28.6 Å². The second-order valence-electron chi connectivity index (χ2n) is 2.91. The summed E-state index contributed by atoms with van der Waals surface area (Å²) in [4.78, 5) is 10.8. The molecule has 0 aliphatic carbocycles. The van der Waals surface area contributed by atoms with Crippen LogP contribution < -0.4 is 0 Å². The zero-order chi connectivity index (χ0) is 11.6. The van der Waals surface area contributed by atoms with Crippen LogP contribution in [0.4, 0.5) is 8.78 Å². The van der Waals surface area contributed by atoms with E-state index in [1.807, 2.05) is 0 Å². The van der Waals surface area contributed by atoms with Gasteiger partial charge in [-0.15, -0.1) is 0 Å². The molecule has 0 aliphatic heterocycles. The van der Waals surface area contributed by atoms with Crippen LogP contribution in [0.25, 0.3) is 0 Å². The lowest BCUT2D eigenvalue weighted by molar-refractivity contribution is -0.141. The first-order chi connectivity index (χ1) is 6.97. The first kappa shape index (κ1) is 12.3. The van der Waals surface area contributed by atoms with Gasteiger partial charge in [-0.3, -0.25) is 4.68 Å². The molecular formula is C8H9F2IN2O2. The van der Waals surface area contributed by atoms with Gasteiger partial charge in [0.15, 0.2) is 0 Å². The molecule has 1 atom stereocenters. The maximum absolute atomic E-state index is 12.4. The Morgan fingerprint density at radius 1 is 1.73 bits per heavy atom. The molecule has 84 valence electrons. The quantitative estimate of drug-likeness (QED) is 0.863. The molecule has 15 heavy (non-hydrogen) atoms. The van der Waals surface area contributed by atoms with Crippen molar-refractivity contribution in [1.29, 1.82) is 0 Å². The van der Waals surface area contributed by atoms with Crippen molar-refractivity contribution in [2.45, 2.75) is 25.8 Å². The summed E-state index contributed by atoms with van der Waals surface area (Å²) in [5.74, 6) is -1.07. The van der Waals surface area contributed by atoms with Crippen molar-refractivity contribution in [2.75, 3.05) is 0 Å². The number of aromatic nitrogens is 2. The van der Waals surface area contributed by atoms with Crippen LogP contribution in [0.3, 0.4) is 0 Å². The first-order valence-corrected chi connectivity index (χ1v) is 5.30. The number of hydrogen-bond donors (Lipinski definition) is 1. The molecule has 0 aliphatic rings. The monoisotopic (exact) mass is 330 g/mol. The van der Waals surface area contributed by atoms with Crippen molar-refractivity contribution < 1.29 is 18.7 Å². The summed E-state index contributed by atoms with van der Waals surface area (Å²) >= 11 is 1.71. The number of nitrogens with zero attached hydrogens (tertiary/aromatic N) is 2. The molecule has 1 unspecified atom stereocenters. The van der Waals surface area contributed by atoms with Gasteiger partial charge in [0.25, 0.3) is 6.43 Å². The van der Waals surface area contributed by atoms with Crippen LogP contribution in [0.1, 0.15) is 31.5 Å². The third-order valence-electron chi connectivity index (χ3n) is 1.91. The summed E-state index contributed by atoms with van der Waals surface area (Å²) < 4.78 is 26.1. The smallest absolute Gasteiger partial charge is 0.328 e. The van der Waals surface area contributed by atoms with Crippen LogP contribution >= 0.6 is 22.6 Å². The minimum Gasteiger partial charge on any atom is -0.480 e. The molecule has 0 spiro atoms. The minimum atomic E-state index is -2.68. The Morgan fingerprint density at radius 3 is 2.67 bits per heavy atom. The number of carboxylic acid groups (broad SMARTS) is 1. The van der Waals surface area contributed by atoms with Crippen LogP contribution in [0, 0.1) is 3.57 Å². The maximum atomic E-state index is 12.4. The van der Waals surface area contributed by atoms with E-state index >= 15 is 0 Å². The Balaban J connectivity index is 3.05. The Labute approximate surface area is 98.4 Å². The topological polar surface area (TPSA) is 55.1 Å². The molecule has 0 bridgehead atoms. The average molecular weight is 330 g/mol. The van der Waals surface area contributed by atoms with E-state index in [2.05, 4.69) is 5.10 Å². The first-order valence-electron chi connectivity index (χ1n) is 4.22. The Kier molecular flexibility index (Phi) is 4.00. The van der Waals surface area contributed by atoms with Crippen LogP contribution in [-0.2, 0) is 4.79 Å². The molecule has 1 aromatic heterocycles. The van der Waals surface area contributed by atoms with Gasteiger partial charge in [-0.25, -0.2) is 13.6 Å². The molecule has 0 saturated carbocycles. The molecule has 0 amide bonds. The van der Waals surface area contributed by atoms with Crippen molar-refractivity contribution in [1.82, 2.24) is 9.78 Å². The van der Waals surface area contributed by atoms with Gasteiger partial charge in [0, 0.05) is 6.20 Å². The zero-order valence-corrected chi connectivity index (χ0v) is 9.98. The van der Waals surface area contributed by atoms with E-state index in [4.69, 9.17) is 5.11 Å². The zero-order valence-electron chi connectivity index (χ0n) is 7.82. The molecule has 4 nitrogen and oxygen atoms in total. The molecule has 1 N–H and O–H groups in total. The fourth-order valence-corrected chi connectivity index (χ4v) is 1.79. The number of aliphatic carboxylic acids is 1. The molecule has 0 aromatic carbocycles. The van der Waals surface area contributed by atoms with E-state index in [1.165, 1.54) is 6.20 Å². The molecule has 0 fully saturated rings. The summed E-state index contributed by atoms with van der Waals surface area (Å²) in [7, 11) is 0. The fraction of sp³-hybridized carbons (Fsp3) is 0.500. The van der Waals surface area contributed by atoms with E-state index in [9.17, 15) is 13.6 Å². The molecule has 1 aromatic rings. The summed E-state index contributed by atoms with van der Waals surface area (Å²) in [6.45, 7) is 1.66. The lowest BCUT2D eigenvalue weighted by Crippen LogP contribution is -2.18. The highest BCUT2D eigenvalue weighted by Crippen LogP contribution is 2.24. The van der Waals surface area contributed by atoms with Gasteiger partial charge in [0.2, 0.25) is 0 Å². The second kappa shape index (κ2) is 4.86. The highest BCUT2D eigenvalue weighted by Gasteiger charge is 2.23. The largest absolute Gasteiger partial charge is 0.480 e. The van der Waals surface area contributed by atoms with Crippen LogP contribution in [0.15, 0.2) is 6.20 Å². The summed E-state index contributed by atoms with van der Waals surface area (Å²) in [6, 6.07) is -0.883. The predicted octanol–water partition coefficient (Wildman–Crippen LogP) is 2.46. The molecule has 1 rings (SSSR count). The number of hydrogen-bond acceptors (Lipinski definition) is 2. The van der Waals surface area contributed by atoms with Gasteiger partial charge in [0.1, 0.15) is 11.7 Å². The van der Waals surface area contributed by atoms with E-state index in [-0.39, 0.29) is 9.26 Å². The number of carbonyl (C=O) groups is 1. The standard InChI is InChI=1S/C8H9F2IN2O2/c1-2-5(8(14)15)13-3-4(11)6(12-13)7(9)10/h3,5,7H,2H2,1H3,(H,14,15). The molecule has 7 heteroatoms. The molecular weight excluding hydrogens is 321 g/mol. The summed E-state index contributed by atoms with van der Waals surface area (Å²) in [6.07, 6.45) is -1.05. The molecule has 0 saturated heterocycles. The third kappa shape index (κ3) is 2.64. The van der Waals surface area contributed by atoms with Crippen molar-refractivity contribution in [2.24, 2.45) is 0 Å². The van der Waals surface area contributed by atoms with E-state index in [0.717, 1.165) is 4.68 Å². The Hall–Kier alpha value is -0.730. The van der Waals surface area contributed by atoms with Gasteiger partial charge in [-0.1, -0.05) is 6.92 Å². The SMILES string of the molecule is CCC(C(=O)O)n1cc(I)c(C(F)F)n1. The van der Waals surface area contributed by atoms with Crippen LogP contribution in [0.2, 0.25) is 0 Å². The third-order valence-corrected chi connectivity index (χ3v) is 2.74. The maximum Gasteiger partial charge on any atom is 0.328 e. The Morgan fingerprint density at radius 2 is 2.33 bits per heavy atom. The van der Waals surface area contributed by atoms with Gasteiger partial charge in [-0.05, 0) is 29.0 Å². The van der Waals surface area contributed by atoms with Crippen LogP contribution in [-0.4, -0.2) is 20.9 Å². The Bertz CT molecular complexity index is 368. The van der Waals surface area contributed by atoms with Gasteiger partial charge in [0.05, 0.1) is 3.57 Å². The van der Waals surface area contributed by atoms with Crippen molar-refractivity contribution in [3.05, 3.63) is 15.5 Å². The van der Waals surface area contributed by atoms with E-state index < -0.39 is 18.4 Å². The van der Waals surface area contributed by atoms with Crippen molar-refractivity contribution in [3.8, 4) is 0 Å². The highest BCUT2D eigenvalue weighted by molar-refractivity contribution is 14.1. The normalized spacial score (nSPS) is 13.1. The van der Waals surface area contributed by atoms with Gasteiger partial charge in [-0.2, -0.15) is 5.10 Å². The molecule has 1 heterocycles. The lowest BCUT2D eigenvalue weighted by atomic mass is 10.2. The average Bonchev–Trinajstić information content (AvgIpc) is 2.48. The second-order valence-corrected chi connectivity index (χ2v) is 4.07. The van der Waals surface area contributed by atoms with Crippen molar-refractivity contribution in [3.63, 3.8) is 0 Å².